The summed E-state index contributed by atoms with van der Waals surface area (Å²) in [5, 5.41) is 3.70. The Bertz CT molecular complexity index is 821. The molecule has 1 amide bonds. The van der Waals surface area contributed by atoms with Crippen molar-refractivity contribution in [3.8, 4) is 0 Å². The van der Waals surface area contributed by atoms with Crippen molar-refractivity contribution >= 4 is 22.8 Å². The van der Waals surface area contributed by atoms with Crippen molar-refractivity contribution in [2.75, 3.05) is 7.11 Å². The first-order valence-electron chi connectivity index (χ1n) is 7.58. The van der Waals surface area contributed by atoms with E-state index in [1.807, 2.05) is 48.5 Å². The van der Waals surface area contributed by atoms with E-state index >= 15 is 0 Å². The van der Waals surface area contributed by atoms with Gasteiger partial charge >= 0.3 is 5.97 Å². The molecule has 0 spiro atoms. The number of hydrogen-bond donors (Lipinski definition) is 1. The molecule has 0 radical (unpaired) electrons. The number of rotatable bonds is 5. The van der Waals surface area contributed by atoms with Crippen LogP contribution in [0.5, 0.6) is 0 Å². The summed E-state index contributed by atoms with van der Waals surface area (Å²) >= 11 is 0. The van der Waals surface area contributed by atoms with Crippen LogP contribution in [-0.2, 0) is 9.53 Å². The second-order valence-corrected chi connectivity index (χ2v) is 5.37. The molecule has 0 saturated heterocycles. The SMILES string of the molecule is COC(=O)C[C@H](NC(=O)c1cc2ccccc2o1)c1ccccc1. The zero-order chi connectivity index (χ0) is 16.9. The molecule has 0 aliphatic rings. The number of hydrogen-bond acceptors (Lipinski definition) is 4. The van der Waals surface area contributed by atoms with Crippen molar-refractivity contribution < 1.29 is 18.7 Å². The van der Waals surface area contributed by atoms with Gasteiger partial charge in [-0.3, -0.25) is 9.59 Å². The molecule has 5 nitrogen and oxygen atoms in total. The fraction of sp³-hybridized carbons (Fsp3) is 0.158. The molecule has 24 heavy (non-hydrogen) atoms. The average molecular weight is 323 g/mol. The van der Waals surface area contributed by atoms with Gasteiger partial charge in [0.25, 0.3) is 5.91 Å². The number of nitrogens with one attached hydrogen (secondary N) is 1. The summed E-state index contributed by atoms with van der Waals surface area (Å²) in [6.07, 6.45) is 0.0481. The van der Waals surface area contributed by atoms with Crippen LogP contribution in [0.4, 0.5) is 0 Å². The molecule has 122 valence electrons. The average Bonchev–Trinajstić information content (AvgIpc) is 3.06. The Kier molecular flexibility index (Phi) is 4.61. The molecule has 0 aliphatic heterocycles. The number of methoxy groups -OCH3 is 1. The second-order valence-electron chi connectivity index (χ2n) is 5.37. The summed E-state index contributed by atoms with van der Waals surface area (Å²) in [5.41, 5.74) is 1.47. The van der Waals surface area contributed by atoms with Gasteiger partial charge in [0, 0.05) is 5.39 Å². The fourth-order valence-electron chi connectivity index (χ4n) is 2.51. The molecule has 3 rings (SSSR count). The minimum Gasteiger partial charge on any atom is -0.469 e. The molecular weight excluding hydrogens is 306 g/mol. The number of ether oxygens (including phenoxy) is 1. The van der Waals surface area contributed by atoms with E-state index in [9.17, 15) is 9.59 Å². The normalized spacial score (nSPS) is 11.9. The van der Waals surface area contributed by atoms with Gasteiger partial charge in [0.15, 0.2) is 5.76 Å². The van der Waals surface area contributed by atoms with E-state index < -0.39 is 12.0 Å². The highest BCUT2D eigenvalue weighted by Crippen LogP contribution is 2.21. The number of fused-ring (bicyclic) bond motifs is 1. The van der Waals surface area contributed by atoms with Crippen molar-refractivity contribution in [3.05, 3.63) is 72.0 Å². The standard InChI is InChI=1S/C19H17NO4/c1-23-18(21)12-15(13-7-3-2-4-8-13)20-19(22)17-11-14-9-5-6-10-16(14)24-17/h2-11,15H,12H2,1H3,(H,20,22)/t15-/m0/s1. The molecule has 1 aromatic heterocycles. The van der Waals surface area contributed by atoms with Crippen LogP contribution in [0.25, 0.3) is 11.0 Å². The third-order valence-corrected chi connectivity index (χ3v) is 3.76. The Hall–Kier alpha value is -3.08. The Morgan fingerprint density at radius 1 is 1.08 bits per heavy atom. The number of benzene rings is 2. The highest BCUT2D eigenvalue weighted by molar-refractivity contribution is 5.96. The maximum Gasteiger partial charge on any atom is 0.307 e. The Labute approximate surface area is 139 Å². The monoisotopic (exact) mass is 323 g/mol. The first kappa shape index (κ1) is 15.8. The predicted octanol–water partition coefficient (Wildman–Crippen LogP) is 3.47. The van der Waals surface area contributed by atoms with E-state index in [1.165, 1.54) is 7.11 Å². The Balaban J connectivity index is 1.83. The molecule has 0 saturated carbocycles. The minimum atomic E-state index is -0.487. The number of para-hydroxylation sites is 1. The van der Waals surface area contributed by atoms with Crippen LogP contribution in [0.2, 0.25) is 0 Å². The summed E-state index contributed by atoms with van der Waals surface area (Å²) in [4.78, 5) is 24.2. The lowest BCUT2D eigenvalue weighted by molar-refractivity contribution is -0.141. The van der Waals surface area contributed by atoms with Crippen LogP contribution in [-0.4, -0.2) is 19.0 Å². The van der Waals surface area contributed by atoms with E-state index in [4.69, 9.17) is 9.15 Å². The summed E-state index contributed by atoms with van der Waals surface area (Å²) in [6.45, 7) is 0. The van der Waals surface area contributed by atoms with Gasteiger partial charge in [0.05, 0.1) is 19.6 Å². The van der Waals surface area contributed by atoms with E-state index in [2.05, 4.69) is 5.32 Å². The van der Waals surface area contributed by atoms with Crippen molar-refractivity contribution in [2.45, 2.75) is 12.5 Å². The molecule has 1 N–H and O–H groups in total. The molecule has 0 bridgehead atoms. The number of amides is 1. The van der Waals surface area contributed by atoms with E-state index in [-0.39, 0.29) is 18.1 Å². The molecule has 0 fully saturated rings. The van der Waals surface area contributed by atoms with Gasteiger partial charge in [-0.25, -0.2) is 0 Å². The molecular formula is C19H17NO4. The first-order valence-corrected chi connectivity index (χ1v) is 7.58. The maximum absolute atomic E-state index is 12.5. The largest absolute Gasteiger partial charge is 0.469 e. The van der Waals surface area contributed by atoms with Crippen molar-refractivity contribution in [1.82, 2.24) is 5.32 Å². The summed E-state index contributed by atoms with van der Waals surface area (Å²) in [6, 6.07) is 17.9. The molecule has 3 aromatic rings. The second kappa shape index (κ2) is 7.00. The molecule has 1 heterocycles. The third kappa shape index (κ3) is 3.46. The fourth-order valence-corrected chi connectivity index (χ4v) is 2.51. The lowest BCUT2D eigenvalue weighted by Crippen LogP contribution is -2.30. The van der Waals surface area contributed by atoms with Gasteiger partial charge in [-0.2, -0.15) is 0 Å². The Morgan fingerprint density at radius 2 is 1.79 bits per heavy atom. The number of esters is 1. The van der Waals surface area contributed by atoms with Gasteiger partial charge < -0.3 is 14.5 Å². The smallest absolute Gasteiger partial charge is 0.307 e. The highest BCUT2D eigenvalue weighted by atomic mass is 16.5. The van der Waals surface area contributed by atoms with Gasteiger partial charge in [0.2, 0.25) is 0 Å². The van der Waals surface area contributed by atoms with E-state index in [0.717, 1.165) is 10.9 Å². The number of furan rings is 1. The van der Waals surface area contributed by atoms with Crippen molar-refractivity contribution in [2.24, 2.45) is 0 Å². The van der Waals surface area contributed by atoms with Gasteiger partial charge in [0.1, 0.15) is 5.58 Å². The van der Waals surface area contributed by atoms with Crippen LogP contribution in [0, 0.1) is 0 Å². The highest BCUT2D eigenvalue weighted by Gasteiger charge is 2.21. The van der Waals surface area contributed by atoms with E-state index in [0.29, 0.717) is 5.58 Å². The van der Waals surface area contributed by atoms with Gasteiger partial charge in [-0.15, -0.1) is 0 Å². The molecule has 5 heteroatoms. The number of carbonyl (C=O) groups excluding carboxylic acids is 2. The zero-order valence-electron chi connectivity index (χ0n) is 13.2. The summed E-state index contributed by atoms with van der Waals surface area (Å²) < 4.78 is 10.3. The lowest BCUT2D eigenvalue weighted by Gasteiger charge is -2.17. The van der Waals surface area contributed by atoms with Crippen LogP contribution < -0.4 is 5.32 Å². The molecule has 1 atom stereocenters. The minimum absolute atomic E-state index is 0.0481. The van der Waals surface area contributed by atoms with Gasteiger partial charge in [-0.1, -0.05) is 48.5 Å². The van der Waals surface area contributed by atoms with Crippen LogP contribution in [0.3, 0.4) is 0 Å². The lowest BCUT2D eigenvalue weighted by atomic mass is 10.0. The molecule has 2 aromatic carbocycles. The van der Waals surface area contributed by atoms with Crippen molar-refractivity contribution in [1.29, 1.82) is 0 Å². The third-order valence-electron chi connectivity index (χ3n) is 3.76. The quantitative estimate of drug-likeness (QED) is 0.730. The molecule has 0 unspecified atom stereocenters. The number of carbonyl (C=O) groups is 2. The van der Waals surface area contributed by atoms with Gasteiger partial charge in [-0.05, 0) is 17.7 Å². The molecule has 0 aliphatic carbocycles. The zero-order valence-corrected chi connectivity index (χ0v) is 13.2. The Morgan fingerprint density at radius 3 is 2.50 bits per heavy atom. The van der Waals surface area contributed by atoms with Crippen LogP contribution in [0.1, 0.15) is 28.6 Å². The first-order chi connectivity index (χ1) is 11.7. The van der Waals surface area contributed by atoms with Crippen LogP contribution >= 0.6 is 0 Å². The van der Waals surface area contributed by atoms with Crippen molar-refractivity contribution in [3.63, 3.8) is 0 Å². The summed E-state index contributed by atoms with van der Waals surface area (Å²) in [7, 11) is 1.32. The topological polar surface area (TPSA) is 68.5 Å². The van der Waals surface area contributed by atoms with Crippen LogP contribution in [0.15, 0.2) is 65.1 Å². The maximum atomic E-state index is 12.5. The predicted molar refractivity (Wildman–Crippen MR) is 89.5 cm³/mol. The van der Waals surface area contributed by atoms with E-state index in [1.54, 1.807) is 12.1 Å². The summed E-state index contributed by atoms with van der Waals surface area (Å²) in [5.74, 6) is -0.556.